The second-order valence-electron chi connectivity index (χ2n) is 7.77. The number of benzene rings is 2. The third-order valence-corrected chi connectivity index (χ3v) is 6.02. The minimum absolute atomic E-state index is 0.0191. The molecule has 0 aliphatic carbocycles. The molecule has 1 amide bonds. The molecule has 1 N–H and O–H groups in total. The van der Waals surface area contributed by atoms with Crippen LogP contribution in [0.15, 0.2) is 67.3 Å². The Morgan fingerprint density at radius 3 is 2.71 bits per heavy atom. The molecule has 4 rings (SSSR count). The quantitative estimate of drug-likeness (QED) is 0.789. The van der Waals surface area contributed by atoms with Gasteiger partial charge in [0, 0.05) is 38.4 Å². The second-order valence-corrected chi connectivity index (χ2v) is 7.77. The van der Waals surface area contributed by atoms with Crippen molar-refractivity contribution in [2.24, 2.45) is 5.92 Å². The van der Waals surface area contributed by atoms with Gasteiger partial charge in [0.2, 0.25) is 5.91 Å². The molecule has 2 aliphatic rings. The zero-order chi connectivity index (χ0) is 19.3. The molecule has 2 aliphatic heterocycles. The fourth-order valence-electron chi connectivity index (χ4n) is 4.56. The van der Waals surface area contributed by atoms with Crippen molar-refractivity contribution in [1.82, 2.24) is 10.2 Å². The SMILES string of the molecule is C=CCNC(=O)[C@@H]1Cc2ccccc2N2CCN(CCc3ccccc3)C[C@@H]12. The predicted molar refractivity (Wildman–Crippen MR) is 115 cm³/mol. The number of para-hydroxylation sites is 1. The third kappa shape index (κ3) is 3.97. The number of fused-ring (bicyclic) bond motifs is 3. The van der Waals surface area contributed by atoms with E-state index < -0.39 is 0 Å². The Morgan fingerprint density at radius 1 is 1.11 bits per heavy atom. The van der Waals surface area contributed by atoms with Crippen LogP contribution in [0.25, 0.3) is 0 Å². The molecule has 0 spiro atoms. The maximum Gasteiger partial charge on any atom is 0.225 e. The van der Waals surface area contributed by atoms with Crippen molar-refractivity contribution >= 4 is 11.6 Å². The van der Waals surface area contributed by atoms with Gasteiger partial charge in [0.1, 0.15) is 0 Å². The van der Waals surface area contributed by atoms with Crippen molar-refractivity contribution in [2.45, 2.75) is 18.9 Å². The fraction of sp³-hybridized carbons (Fsp3) is 0.375. The van der Waals surface area contributed by atoms with Crippen molar-refractivity contribution < 1.29 is 4.79 Å². The molecule has 2 aromatic carbocycles. The van der Waals surface area contributed by atoms with Crippen LogP contribution in [0.4, 0.5) is 5.69 Å². The van der Waals surface area contributed by atoms with Gasteiger partial charge in [-0.2, -0.15) is 0 Å². The number of piperazine rings is 1. The molecule has 2 atom stereocenters. The molecule has 28 heavy (non-hydrogen) atoms. The minimum Gasteiger partial charge on any atom is -0.365 e. The Labute approximate surface area is 167 Å². The lowest BCUT2D eigenvalue weighted by atomic mass is 9.83. The van der Waals surface area contributed by atoms with Crippen LogP contribution >= 0.6 is 0 Å². The number of carbonyl (C=O) groups excluding carboxylic acids is 1. The topological polar surface area (TPSA) is 35.6 Å². The average Bonchev–Trinajstić information content (AvgIpc) is 2.76. The summed E-state index contributed by atoms with van der Waals surface area (Å²) in [7, 11) is 0. The van der Waals surface area contributed by atoms with Crippen molar-refractivity contribution in [3.8, 4) is 0 Å². The van der Waals surface area contributed by atoms with Gasteiger partial charge in [-0.3, -0.25) is 9.69 Å². The first-order valence-corrected chi connectivity index (χ1v) is 10.3. The predicted octanol–water partition coefficient (Wildman–Crippen LogP) is 2.89. The largest absolute Gasteiger partial charge is 0.365 e. The number of hydrogen-bond donors (Lipinski definition) is 1. The smallest absolute Gasteiger partial charge is 0.225 e. The lowest BCUT2D eigenvalue weighted by Crippen LogP contribution is -2.61. The summed E-state index contributed by atoms with van der Waals surface area (Å²) in [4.78, 5) is 17.9. The standard InChI is InChI=1S/C24H29N3O/c1-2-13-25-24(28)21-17-20-10-6-7-11-22(20)27-16-15-26(18-23(21)27)14-12-19-8-4-3-5-9-19/h2-11,21,23H,1,12-18H2,(H,25,28)/t21-,23+/m1/s1. The zero-order valence-electron chi connectivity index (χ0n) is 16.4. The van der Waals surface area contributed by atoms with Crippen LogP contribution in [-0.2, 0) is 17.6 Å². The Kier molecular flexibility index (Phi) is 5.77. The first kappa shape index (κ1) is 18.8. The molecule has 2 heterocycles. The maximum absolute atomic E-state index is 12.9. The van der Waals surface area contributed by atoms with Crippen LogP contribution in [0.3, 0.4) is 0 Å². The fourth-order valence-corrected chi connectivity index (χ4v) is 4.56. The van der Waals surface area contributed by atoms with Gasteiger partial charge in [0.05, 0.1) is 12.0 Å². The molecule has 4 nitrogen and oxygen atoms in total. The van der Waals surface area contributed by atoms with Gasteiger partial charge >= 0.3 is 0 Å². The highest BCUT2D eigenvalue weighted by molar-refractivity contribution is 5.82. The first-order valence-electron chi connectivity index (χ1n) is 10.3. The Balaban J connectivity index is 1.50. The number of nitrogens with zero attached hydrogens (tertiary/aromatic N) is 2. The van der Waals surface area contributed by atoms with Gasteiger partial charge in [-0.15, -0.1) is 6.58 Å². The molecule has 0 unspecified atom stereocenters. The molecule has 0 aromatic heterocycles. The van der Waals surface area contributed by atoms with Gasteiger partial charge < -0.3 is 10.2 Å². The van der Waals surface area contributed by atoms with Crippen LogP contribution in [0, 0.1) is 5.92 Å². The molecular weight excluding hydrogens is 346 g/mol. The van der Waals surface area contributed by atoms with Gasteiger partial charge in [0.25, 0.3) is 0 Å². The molecule has 146 valence electrons. The highest BCUT2D eigenvalue weighted by Gasteiger charge is 2.41. The van der Waals surface area contributed by atoms with E-state index >= 15 is 0 Å². The molecule has 0 saturated carbocycles. The van der Waals surface area contributed by atoms with Gasteiger partial charge in [-0.05, 0) is 30.0 Å². The highest BCUT2D eigenvalue weighted by Crippen LogP contribution is 2.35. The van der Waals surface area contributed by atoms with Crippen LogP contribution in [0.5, 0.6) is 0 Å². The molecule has 2 aromatic rings. The Hall–Kier alpha value is -2.59. The third-order valence-electron chi connectivity index (χ3n) is 6.02. The van der Waals surface area contributed by atoms with Crippen LogP contribution in [0.1, 0.15) is 11.1 Å². The van der Waals surface area contributed by atoms with E-state index in [1.807, 2.05) is 0 Å². The summed E-state index contributed by atoms with van der Waals surface area (Å²) in [6, 6.07) is 19.4. The number of carbonyl (C=O) groups is 1. The molecule has 0 radical (unpaired) electrons. The highest BCUT2D eigenvalue weighted by atomic mass is 16.1. The summed E-state index contributed by atoms with van der Waals surface area (Å²) in [6.07, 6.45) is 3.61. The van der Waals surface area contributed by atoms with E-state index in [9.17, 15) is 4.79 Å². The van der Waals surface area contributed by atoms with E-state index in [2.05, 4.69) is 76.3 Å². The van der Waals surface area contributed by atoms with Crippen LogP contribution in [0.2, 0.25) is 0 Å². The Morgan fingerprint density at radius 2 is 1.89 bits per heavy atom. The normalized spacial score (nSPS) is 21.5. The van der Waals surface area contributed by atoms with Gasteiger partial charge in [-0.25, -0.2) is 0 Å². The number of hydrogen-bond acceptors (Lipinski definition) is 3. The van der Waals surface area contributed by atoms with Crippen LogP contribution < -0.4 is 10.2 Å². The molecule has 1 saturated heterocycles. The summed E-state index contributed by atoms with van der Waals surface area (Å²) in [6.45, 7) is 8.25. The van der Waals surface area contributed by atoms with E-state index in [4.69, 9.17) is 0 Å². The van der Waals surface area contributed by atoms with Crippen LogP contribution in [-0.4, -0.2) is 49.6 Å². The van der Waals surface area contributed by atoms with E-state index in [0.717, 1.165) is 39.0 Å². The summed E-state index contributed by atoms with van der Waals surface area (Å²) >= 11 is 0. The molecular formula is C24H29N3O. The summed E-state index contributed by atoms with van der Waals surface area (Å²) < 4.78 is 0. The first-order chi connectivity index (χ1) is 13.8. The number of anilines is 1. The van der Waals surface area contributed by atoms with Crippen molar-refractivity contribution in [2.75, 3.05) is 37.6 Å². The minimum atomic E-state index is -0.0191. The Bertz CT molecular complexity index is 820. The van der Waals surface area contributed by atoms with E-state index in [1.54, 1.807) is 6.08 Å². The number of nitrogens with one attached hydrogen (secondary N) is 1. The van der Waals surface area contributed by atoms with Crippen molar-refractivity contribution in [1.29, 1.82) is 0 Å². The average molecular weight is 376 g/mol. The lowest BCUT2D eigenvalue weighted by Gasteiger charge is -2.49. The van der Waals surface area contributed by atoms with Crippen molar-refractivity contribution in [3.63, 3.8) is 0 Å². The monoisotopic (exact) mass is 375 g/mol. The molecule has 0 bridgehead atoms. The zero-order valence-corrected chi connectivity index (χ0v) is 16.4. The van der Waals surface area contributed by atoms with E-state index in [1.165, 1.54) is 16.8 Å². The van der Waals surface area contributed by atoms with Gasteiger partial charge in [-0.1, -0.05) is 54.6 Å². The molecule has 4 heteroatoms. The van der Waals surface area contributed by atoms with Gasteiger partial charge in [0.15, 0.2) is 0 Å². The van der Waals surface area contributed by atoms with Crippen molar-refractivity contribution in [3.05, 3.63) is 78.4 Å². The summed E-state index contributed by atoms with van der Waals surface area (Å²) in [5.74, 6) is 0.128. The van der Waals surface area contributed by atoms with E-state index in [0.29, 0.717) is 6.54 Å². The van der Waals surface area contributed by atoms with E-state index in [-0.39, 0.29) is 17.9 Å². The maximum atomic E-state index is 12.9. The lowest BCUT2D eigenvalue weighted by molar-refractivity contribution is -0.126. The second kappa shape index (κ2) is 8.61. The summed E-state index contributed by atoms with van der Waals surface area (Å²) in [5, 5.41) is 3.04. The number of amides is 1. The molecule has 1 fully saturated rings. The summed E-state index contributed by atoms with van der Waals surface area (Å²) in [5.41, 5.74) is 3.97. The number of rotatable bonds is 6.